The van der Waals surface area contributed by atoms with Crippen molar-refractivity contribution in [3.05, 3.63) is 24.3 Å². The van der Waals surface area contributed by atoms with Gasteiger partial charge in [0.15, 0.2) is 5.75 Å². The molecule has 0 unspecified atom stereocenters. The van der Waals surface area contributed by atoms with Crippen LogP contribution in [0.5, 0.6) is 5.75 Å². The number of alkyl halides is 3. The van der Waals surface area contributed by atoms with Gasteiger partial charge in [-0.15, -0.1) is 13.2 Å². The molecule has 1 saturated carbocycles. The van der Waals surface area contributed by atoms with E-state index in [0.29, 0.717) is 0 Å². The Balaban J connectivity index is 2.09. The monoisotopic (exact) mass is 259 g/mol. The minimum absolute atomic E-state index is 0.0479. The van der Waals surface area contributed by atoms with Crippen LogP contribution in [0.15, 0.2) is 24.3 Å². The molecule has 1 N–H and O–H groups in total. The zero-order valence-electron chi connectivity index (χ0n) is 9.46. The van der Waals surface area contributed by atoms with Crippen molar-refractivity contribution in [2.24, 2.45) is 5.92 Å². The maximum atomic E-state index is 12.2. The lowest BCUT2D eigenvalue weighted by Gasteiger charge is -2.24. The average molecular weight is 259 g/mol. The Labute approximate surface area is 102 Å². The van der Waals surface area contributed by atoms with E-state index in [9.17, 15) is 18.0 Å². The van der Waals surface area contributed by atoms with E-state index in [1.54, 1.807) is 6.07 Å². The maximum Gasteiger partial charge on any atom is 0.573 e. The second-order valence-electron chi connectivity index (χ2n) is 4.16. The van der Waals surface area contributed by atoms with Crippen LogP contribution in [0.2, 0.25) is 0 Å². The number of hydrogen-bond acceptors (Lipinski definition) is 2. The lowest BCUT2D eigenvalue weighted by Crippen LogP contribution is -2.28. The number of carbonyl (C=O) groups excluding carboxylic acids is 1. The number of hydrogen-bond donors (Lipinski definition) is 1. The van der Waals surface area contributed by atoms with Crippen molar-refractivity contribution in [3.63, 3.8) is 0 Å². The molecule has 0 bridgehead atoms. The molecule has 1 aliphatic carbocycles. The zero-order chi connectivity index (χ0) is 13.2. The van der Waals surface area contributed by atoms with Crippen molar-refractivity contribution in [1.82, 2.24) is 0 Å². The first kappa shape index (κ1) is 12.7. The lowest BCUT2D eigenvalue weighted by molar-refractivity contribution is -0.274. The predicted octanol–water partition coefficient (Wildman–Crippen LogP) is 3.32. The Kier molecular flexibility index (Phi) is 3.45. The second-order valence-corrected chi connectivity index (χ2v) is 4.16. The van der Waals surface area contributed by atoms with E-state index < -0.39 is 12.1 Å². The summed E-state index contributed by atoms with van der Waals surface area (Å²) >= 11 is 0. The summed E-state index contributed by atoms with van der Waals surface area (Å²) in [5.74, 6) is -0.735. The van der Waals surface area contributed by atoms with Crippen LogP contribution >= 0.6 is 0 Å². The minimum Gasteiger partial charge on any atom is -0.404 e. The third kappa shape index (κ3) is 3.15. The smallest absolute Gasteiger partial charge is 0.404 e. The van der Waals surface area contributed by atoms with Gasteiger partial charge < -0.3 is 10.1 Å². The molecule has 1 aromatic carbocycles. The Morgan fingerprint density at radius 2 is 1.94 bits per heavy atom. The van der Waals surface area contributed by atoms with Crippen LogP contribution in [0.3, 0.4) is 0 Å². The summed E-state index contributed by atoms with van der Waals surface area (Å²) in [7, 11) is 0. The van der Waals surface area contributed by atoms with Gasteiger partial charge in [-0.2, -0.15) is 0 Å². The van der Waals surface area contributed by atoms with E-state index >= 15 is 0 Å². The number of halogens is 3. The second kappa shape index (κ2) is 4.88. The fourth-order valence-corrected chi connectivity index (χ4v) is 1.69. The van der Waals surface area contributed by atoms with Crippen LogP contribution < -0.4 is 10.1 Å². The van der Waals surface area contributed by atoms with Gasteiger partial charge in [0.1, 0.15) is 0 Å². The number of ether oxygens (including phenoxy) is 1. The van der Waals surface area contributed by atoms with Crippen LogP contribution in [-0.4, -0.2) is 12.3 Å². The van der Waals surface area contributed by atoms with Gasteiger partial charge in [-0.05, 0) is 25.0 Å². The van der Waals surface area contributed by atoms with E-state index in [0.717, 1.165) is 19.3 Å². The summed E-state index contributed by atoms with van der Waals surface area (Å²) in [6.45, 7) is 0. The van der Waals surface area contributed by atoms with E-state index in [2.05, 4.69) is 10.1 Å². The first-order valence-corrected chi connectivity index (χ1v) is 5.61. The topological polar surface area (TPSA) is 38.3 Å². The van der Waals surface area contributed by atoms with Crippen LogP contribution in [0, 0.1) is 5.92 Å². The molecule has 0 atom stereocenters. The summed E-state index contributed by atoms with van der Waals surface area (Å²) in [4.78, 5) is 11.7. The number of amides is 1. The third-order valence-electron chi connectivity index (χ3n) is 2.85. The van der Waals surface area contributed by atoms with Gasteiger partial charge in [0.2, 0.25) is 5.91 Å². The first-order chi connectivity index (χ1) is 8.46. The third-order valence-corrected chi connectivity index (χ3v) is 2.85. The SMILES string of the molecule is O=C(Nc1ccccc1OC(F)(F)F)C1CCC1. The van der Waals surface area contributed by atoms with Gasteiger partial charge in [-0.25, -0.2) is 0 Å². The van der Waals surface area contributed by atoms with Crippen molar-refractivity contribution in [2.45, 2.75) is 25.6 Å². The Morgan fingerprint density at radius 1 is 1.28 bits per heavy atom. The molecule has 0 heterocycles. The number of benzene rings is 1. The number of para-hydroxylation sites is 2. The largest absolute Gasteiger partial charge is 0.573 e. The minimum atomic E-state index is -4.77. The van der Waals surface area contributed by atoms with E-state index in [1.165, 1.54) is 18.2 Å². The molecule has 0 saturated heterocycles. The van der Waals surface area contributed by atoms with Gasteiger partial charge in [0.05, 0.1) is 5.69 Å². The van der Waals surface area contributed by atoms with E-state index in [-0.39, 0.29) is 17.5 Å². The molecule has 1 fully saturated rings. The fraction of sp³-hybridized carbons (Fsp3) is 0.417. The molecule has 0 spiro atoms. The van der Waals surface area contributed by atoms with Gasteiger partial charge in [0.25, 0.3) is 0 Å². The number of rotatable bonds is 3. The number of carbonyl (C=O) groups is 1. The predicted molar refractivity (Wildman–Crippen MR) is 59.1 cm³/mol. The normalized spacial score (nSPS) is 15.9. The number of nitrogens with one attached hydrogen (secondary N) is 1. The molecule has 6 heteroatoms. The molecule has 18 heavy (non-hydrogen) atoms. The van der Waals surface area contributed by atoms with E-state index in [4.69, 9.17) is 0 Å². The highest BCUT2D eigenvalue weighted by molar-refractivity contribution is 5.94. The van der Waals surface area contributed by atoms with Crippen molar-refractivity contribution in [3.8, 4) is 5.75 Å². The molecule has 1 amide bonds. The molecule has 2 rings (SSSR count). The van der Waals surface area contributed by atoms with Gasteiger partial charge in [-0.1, -0.05) is 18.6 Å². The molecule has 1 aromatic rings. The van der Waals surface area contributed by atoms with Gasteiger partial charge in [0, 0.05) is 5.92 Å². The summed E-state index contributed by atoms with van der Waals surface area (Å²) in [6, 6.07) is 5.52. The molecule has 0 radical (unpaired) electrons. The van der Waals surface area contributed by atoms with Gasteiger partial charge >= 0.3 is 6.36 Å². The molecular weight excluding hydrogens is 247 g/mol. The Bertz CT molecular complexity index is 441. The maximum absolute atomic E-state index is 12.2. The van der Waals surface area contributed by atoms with Crippen LogP contribution in [0.1, 0.15) is 19.3 Å². The average Bonchev–Trinajstić information content (AvgIpc) is 2.16. The molecule has 98 valence electrons. The summed E-state index contributed by atoms with van der Waals surface area (Å²) < 4.78 is 40.3. The highest BCUT2D eigenvalue weighted by atomic mass is 19.4. The highest BCUT2D eigenvalue weighted by Gasteiger charge is 2.32. The van der Waals surface area contributed by atoms with Crippen LogP contribution in [0.4, 0.5) is 18.9 Å². The van der Waals surface area contributed by atoms with Crippen molar-refractivity contribution in [2.75, 3.05) is 5.32 Å². The van der Waals surface area contributed by atoms with Crippen molar-refractivity contribution in [1.29, 1.82) is 0 Å². The molecular formula is C12H12F3NO2. The van der Waals surface area contributed by atoms with Crippen LogP contribution in [0.25, 0.3) is 0 Å². The number of anilines is 1. The quantitative estimate of drug-likeness (QED) is 0.904. The highest BCUT2D eigenvalue weighted by Crippen LogP contribution is 2.32. The molecule has 3 nitrogen and oxygen atoms in total. The summed E-state index contributed by atoms with van der Waals surface area (Å²) in [5.41, 5.74) is 0.0479. The molecule has 1 aliphatic rings. The standard InChI is InChI=1S/C12H12F3NO2/c13-12(14,15)18-10-7-2-1-6-9(10)16-11(17)8-4-3-5-8/h1-2,6-8H,3-5H2,(H,16,17). The van der Waals surface area contributed by atoms with Crippen molar-refractivity contribution < 1.29 is 22.7 Å². The fourth-order valence-electron chi connectivity index (χ4n) is 1.69. The lowest BCUT2D eigenvalue weighted by atomic mass is 9.85. The summed E-state index contributed by atoms with van der Waals surface area (Å²) in [5, 5.41) is 2.47. The summed E-state index contributed by atoms with van der Waals surface area (Å²) in [6.07, 6.45) is -2.21. The first-order valence-electron chi connectivity index (χ1n) is 5.61. The zero-order valence-corrected chi connectivity index (χ0v) is 9.46. The van der Waals surface area contributed by atoms with Crippen molar-refractivity contribution >= 4 is 11.6 Å². The van der Waals surface area contributed by atoms with Crippen LogP contribution in [-0.2, 0) is 4.79 Å². The Hall–Kier alpha value is -1.72. The van der Waals surface area contributed by atoms with Gasteiger partial charge in [-0.3, -0.25) is 4.79 Å². The van der Waals surface area contributed by atoms with E-state index in [1.807, 2.05) is 0 Å². The molecule has 0 aliphatic heterocycles. The molecule has 0 aromatic heterocycles. The Morgan fingerprint density at radius 3 is 2.50 bits per heavy atom.